The molecule has 1 rings (SSSR count). The third-order valence-corrected chi connectivity index (χ3v) is 3.49. The number of piperazine rings is 1. The van der Waals surface area contributed by atoms with Crippen molar-refractivity contribution in [1.82, 2.24) is 15.1 Å². The lowest BCUT2D eigenvalue weighted by atomic mass is 10.2. The minimum atomic E-state index is 0.302. The maximum atomic E-state index is 11.9. The second kappa shape index (κ2) is 6.86. The normalized spacial score (nSPS) is 18.9. The fourth-order valence-corrected chi connectivity index (χ4v) is 1.88. The summed E-state index contributed by atoms with van der Waals surface area (Å²) >= 11 is 0. The largest absolute Gasteiger partial charge is 0.340 e. The highest BCUT2D eigenvalue weighted by molar-refractivity contribution is 5.76. The zero-order chi connectivity index (χ0) is 12.0. The molecule has 4 nitrogen and oxygen atoms in total. The molecule has 1 atom stereocenters. The minimum absolute atomic E-state index is 0.302. The molecule has 0 aromatic heterocycles. The van der Waals surface area contributed by atoms with Crippen LogP contribution in [-0.2, 0) is 4.79 Å². The molecule has 0 aliphatic carbocycles. The Kier molecular flexibility index (Phi) is 5.77. The number of amides is 1. The molecule has 0 bridgehead atoms. The Balaban J connectivity index is 2.23. The number of rotatable bonds is 5. The predicted octanol–water partition coefficient (Wildman–Crippen LogP) is 0.539. The van der Waals surface area contributed by atoms with E-state index >= 15 is 0 Å². The SMILES string of the molecule is CCC(C)N(C)CCC(=O)N1CCNCC1. The number of hydrogen-bond acceptors (Lipinski definition) is 3. The Morgan fingerprint density at radius 3 is 2.62 bits per heavy atom. The standard InChI is InChI=1S/C12H25N3O/c1-4-11(2)14(3)8-5-12(16)15-9-6-13-7-10-15/h11,13H,4-10H2,1-3H3. The molecule has 1 saturated heterocycles. The van der Waals surface area contributed by atoms with Crippen LogP contribution < -0.4 is 5.32 Å². The summed E-state index contributed by atoms with van der Waals surface area (Å²) in [6.45, 7) is 8.87. The maximum absolute atomic E-state index is 11.9. The quantitative estimate of drug-likeness (QED) is 0.744. The molecule has 1 aliphatic heterocycles. The van der Waals surface area contributed by atoms with Gasteiger partial charge in [0.25, 0.3) is 0 Å². The van der Waals surface area contributed by atoms with E-state index in [9.17, 15) is 4.79 Å². The van der Waals surface area contributed by atoms with Crippen LogP contribution in [0.1, 0.15) is 26.7 Å². The third-order valence-electron chi connectivity index (χ3n) is 3.49. The maximum Gasteiger partial charge on any atom is 0.223 e. The van der Waals surface area contributed by atoms with Crippen molar-refractivity contribution in [3.05, 3.63) is 0 Å². The monoisotopic (exact) mass is 227 g/mol. The Bertz CT molecular complexity index is 214. The van der Waals surface area contributed by atoms with Gasteiger partial charge in [-0.15, -0.1) is 0 Å². The van der Waals surface area contributed by atoms with Crippen LogP contribution >= 0.6 is 0 Å². The van der Waals surface area contributed by atoms with E-state index < -0.39 is 0 Å². The molecular formula is C12H25N3O. The van der Waals surface area contributed by atoms with Gasteiger partial charge in [-0.25, -0.2) is 0 Å². The van der Waals surface area contributed by atoms with Gasteiger partial charge in [-0.3, -0.25) is 4.79 Å². The number of hydrogen-bond donors (Lipinski definition) is 1. The molecule has 0 radical (unpaired) electrons. The fourth-order valence-electron chi connectivity index (χ4n) is 1.88. The average Bonchev–Trinajstić information content (AvgIpc) is 2.35. The summed E-state index contributed by atoms with van der Waals surface area (Å²) in [5, 5.41) is 3.26. The Labute approximate surface area is 99.0 Å². The highest BCUT2D eigenvalue weighted by atomic mass is 16.2. The van der Waals surface area contributed by atoms with Crippen LogP contribution in [0.2, 0.25) is 0 Å². The molecule has 0 spiro atoms. The number of nitrogens with zero attached hydrogens (tertiary/aromatic N) is 2. The number of nitrogens with one attached hydrogen (secondary N) is 1. The van der Waals surface area contributed by atoms with Crippen LogP contribution in [0.5, 0.6) is 0 Å². The summed E-state index contributed by atoms with van der Waals surface area (Å²) in [6, 6.07) is 0.566. The molecule has 4 heteroatoms. The van der Waals surface area contributed by atoms with Gasteiger partial charge in [0.1, 0.15) is 0 Å². The molecule has 0 aromatic rings. The molecule has 1 N–H and O–H groups in total. The minimum Gasteiger partial charge on any atom is -0.340 e. The molecule has 1 amide bonds. The second-order valence-corrected chi connectivity index (χ2v) is 4.62. The summed E-state index contributed by atoms with van der Waals surface area (Å²) in [6.07, 6.45) is 1.79. The van der Waals surface area contributed by atoms with Gasteiger partial charge in [0.2, 0.25) is 5.91 Å². The van der Waals surface area contributed by atoms with Gasteiger partial charge < -0.3 is 15.1 Å². The molecule has 1 fully saturated rings. The zero-order valence-electron chi connectivity index (χ0n) is 10.8. The van der Waals surface area contributed by atoms with Crippen molar-refractivity contribution >= 4 is 5.91 Å². The summed E-state index contributed by atoms with van der Waals surface area (Å²) in [4.78, 5) is 16.1. The molecule has 0 saturated carbocycles. The lowest BCUT2D eigenvalue weighted by Gasteiger charge is -2.29. The van der Waals surface area contributed by atoms with Crippen molar-refractivity contribution in [2.24, 2.45) is 0 Å². The Hall–Kier alpha value is -0.610. The third kappa shape index (κ3) is 4.10. The van der Waals surface area contributed by atoms with Crippen LogP contribution in [0, 0.1) is 0 Å². The van der Waals surface area contributed by atoms with Crippen LogP contribution in [0.3, 0.4) is 0 Å². The summed E-state index contributed by atoms with van der Waals surface area (Å²) in [5.41, 5.74) is 0. The molecule has 94 valence electrons. The van der Waals surface area contributed by atoms with E-state index in [1.807, 2.05) is 4.90 Å². The Morgan fingerprint density at radius 2 is 2.06 bits per heavy atom. The van der Waals surface area contributed by atoms with Gasteiger partial charge in [0.05, 0.1) is 0 Å². The second-order valence-electron chi connectivity index (χ2n) is 4.62. The topological polar surface area (TPSA) is 35.6 Å². The van der Waals surface area contributed by atoms with Crippen LogP contribution in [0.4, 0.5) is 0 Å². The van der Waals surface area contributed by atoms with Crippen molar-refractivity contribution in [1.29, 1.82) is 0 Å². The van der Waals surface area contributed by atoms with Gasteiger partial charge in [-0.2, -0.15) is 0 Å². The van der Waals surface area contributed by atoms with Crippen molar-refractivity contribution in [3.8, 4) is 0 Å². The molecular weight excluding hydrogens is 202 g/mol. The lowest BCUT2D eigenvalue weighted by molar-refractivity contribution is -0.132. The van der Waals surface area contributed by atoms with E-state index in [0.29, 0.717) is 18.4 Å². The van der Waals surface area contributed by atoms with Gasteiger partial charge in [-0.05, 0) is 20.4 Å². The van der Waals surface area contributed by atoms with E-state index in [0.717, 1.165) is 39.1 Å². The van der Waals surface area contributed by atoms with Gasteiger partial charge >= 0.3 is 0 Å². The van der Waals surface area contributed by atoms with E-state index in [4.69, 9.17) is 0 Å². The zero-order valence-corrected chi connectivity index (χ0v) is 10.8. The predicted molar refractivity (Wildman–Crippen MR) is 66.4 cm³/mol. The van der Waals surface area contributed by atoms with Gasteiger partial charge in [0.15, 0.2) is 0 Å². The van der Waals surface area contributed by atoms with Crippen molar-refractivity contribution in [2.75, 3.05) is 39.8 Å². The molecule has 1 aliphatic rings. The van der Waals surface area contributed by atoms with Crippen molar-refractivity contribution < 1.29 is 4.79 Å². The van der Waals surface area contributed by atoms with Crippen molar-refractivity contribution in [3.63, 3.8) is 0 Å². The van der Waals surface area contributed by atoms with E-state index in [-0.39, 0.29) is 0 Å². The highest BCUT2D eigenvalue weighted by Crippen LogP contribution is 2.03. The molecule has 1 heterocycles. The first-order chi connectivity index (χ1) is 7.65. The summed E-state index contributed by atoms with van der Waals surface area (Å²) in [7, 11) is 2.10. The smallest absolute Gasteiger partial charge is 0.223 e. The van der Waals surface area contributed by atoms with Gasteiger partial charge in [-0.1, -0.05) is 6.92 Å². The molecule has 1 unspecified atom stereocenters. The fraction of sp³-hybridized carbons (Fsp3) is 0.917. The number of carbonyl (C=O) groups excluding carboxylic acids is 1. The van der Waals surface area contributed by atoms with Crippen molar-refractivity contribution in [2.45, 2.75) is 32.7 Å². The van der Waals surface area contributed by atoms with Crippen LogP contribution in [0.15, 0.2) is 0 Å². The summed E-state index contributed by atoms with van der Waals surface area (Å²) < 4.78 is 0. The van der Waals surface area contributed by atoms with E-state index in [1.54, 1.807) is 0 Å². The highest BCUT2D eigenvalue weighted by Gasteiger charge is 2.17. The van der Waals surface area contributed by atoms with Crippen LogP contribution in [-0.4, -0.2) is 61.5 Å². The summed E-state index contributed by atoms with van der Waals surface area (Å²) in [5.74, 6) is 0.302. The number of carbonyl (C=O) groups is 1. The van der Waals surface area contributed by atoms with Gasteiger partial charge in [0, 0.05) is 45.2 Å². The first kappa shape index (κ1) is 13.5. The van der Waals surface area contributed by atoms with E-state index in [1.165, 1.54) is 0 Å². The molecule has 16 heavy (non-hydrogen) atoms. The van der Waals surface area contributed by atoms with Crippen LogP contribution in [0.25, 0.3) is 0 Å². The average molecular weight is 227 g/mol. The lowest BCUT2D eigenvalue weighted by Crippen LogP contribution is -2.47. The first-order valence-electron chi connectivity index (χ1n) is 6.34. The first-order valence-corrected chi connectivity index (χ1v) is 6.34. The molecule has 0 aromatic carbocycles. The van der Waals surface area contributed by atoms with E-state index in [2.05, 4.69) is 31.1 Å². The Morgan fingerprint density at radius 1 is 1.44 bits per heavy atom.